The predicted octanol–water partition coefficient (Wildman–Crippen LogP) is 4.36. The third-order valence-corrected chi connectivity index (χ3v) is 4.77. The van der Waals surface area contributed by atoms with Gasteiger partial charge >= 0.3 is 0 Å². The van der Waals surface area contributed by atoms with Crippen molar-refractivity contribution in [2.24, 2.45) is 0 Å². The number of likely N-dealkylation sites (N-methyl/N-ethyl adjacent to an activating group) is 1. The van der Waals surface area contributed by atoms with Crippen LogP contribution in [0, 0.1) is 12.7 Å². The summed E-state index contributed by atoms with van der Waals surface area (Å²) in [6, 6.07) is 11.4. The number of aromatic amines is 1. The molecule has 26 heavy (non-hydrogen) atoms. The first-order valence-electron chi connectivity index (χ1n) is 8.84. The standard InChI is InChI=1S/C21H24FN3O/c1-4-25(3)12-11-18-14(2)23-20-10-9-17(13-19(18)20)24-21(26)15-5-7-16(22)8-6-15/h5-10,13,23H,4,11-12H2,1-3H3,(H,24,26). The number of anilines is 1. The number of benzene rings is 2. The number of hydrogen-bond acceptors (Lipinski definition) is 2. The number of H-pyrrole nitrogens is 1. The van der Waals surface area contributed by atoms with Crippen LogP contribution in [0.25, 0.3) is 10.9 Å². The number of halogens is 1. The molecule has 2 N–H and O–H groups in total. The molecular weight excluding hydrogens is 329 g/mol. The van der Waals surface area contributed by atoms with Crippen molar-refractivity contribution in [3.63, 3.8) is 0 Å². The van der Waals surface area contributed by atoms with Gasteiger partial charge in [0.2, 0.25) is 0 Å². The van der Waals surface area contributed by atoms with Crippen molar-refractivity contribution in [2.45, 2.75) is 20.3 Å². The summed E-state index contributed by atoms with van der Waals surface area (Å²) in [7, 11) is 2.11. The van der Waals surface area contributed by atoms with Gasteiger partial charge in [0, 0.05) is 34.4 Å². The van der Waals surface area contributed by atoms with Crippen LogP contribution < -0.4 is 5.32 Å². The Morgan fingerprint density at radius 2 is 1.92 bits per heavy atom. The zero-order chi connectivity index (χ0) is 18.7. The summed E-state index contributed by atoms with van der Waals surface area (Å²) in [5, 5.41) is 4.03. The molecule has 0 radical (unpaired) electrons. The van der Waals surface area contributed by atoms with Gasteiger partial charge in [-0.2, -0.15) is 0 Å². The Kier molecular flexibility index (Phi) is 5.38. The third-order valence-electron chi connectivity index (χ3n) is 4.77. The number of amides is 1. The summed E-state index contributed by atoms with van der Waals surface area (Å²) in [4.78, 5) is 18.0. The van der Waals surface area contributed by atoms with E-state index in [1.807, 2.05) is 18.2 Å². The van der Waals surface area contributed by atoms with Crippen molar-refractivity contribution in [3.8, 4) is 0 Å². The molecule has 136 valence electrons. The number of nitrogens with one attached hydrogen (secondary N) is 2. The Labute approximate surface area is 153 Å². The van der Waals surface area contributed by atoms with E-state index < -0.39 is 0 Å². The number of aromatic nitrogens is 1. The Bertz CT molecular complexity index is 915. The van der Waals surface area contributed by atoms with Crippen LogP contribution in [-0.4, -0.2) is 35.9 Å². The van der Waals surface area contributed by atoms with Crippen LogP contribution in [0.4, 0.5) is 10.1 Å². The molecule has 0 saturated carbocycles. The zero-order valence-electron chi connectivity index (χ0n) is 15.4. The lowest BCUT2D eigenvalue weighted by molar-refractivity contribution is 0.102. The van der Waals surface area contributed by atoms with Crippen LogP contribution in [-0.2, 0) is 6.42 Å². The van der Waals surface area contributed by atoms with Gasteiger partial charge in [-0.3, -0.25) is 4.79 Å². The molecule has 0 aliphatic carbocycles. The molecule has 0 saturated heterocycles. The molecule has 0 atom stereocenters. The molecule has 1 amide bonds. The minimum Gasteiger partial charge on any atom is -0.358 e. The SMILES string of the molecule is CCN(C)CCc1c(C)[nH]c2ccc(NC(=O)c3ccc(F)cc3)cc12. The van der Waals surface area contributed by atoms with E-state index in [0.717, 1.165) is 41.8 Å². The van der Waals surface area contributed by atoms with Crippen molar-refractivity contribution in [1.29, 1.82) is 0 Å². The molecular formula is C21H24FN3O. The monoisotopic (exact) mass is 353 g/mol. The van der Waals surface area contributed by atoms with Gasteiger partial charge in [-0.05, 0) is 75.0 Å². The van der Waals surface area contributed by atoms with Gasteiger partial charge in [0.25, 0.3) is 5.91 Å². The van der Waals surface area contributed by atoms with Crippen molar-refractivity contribution in [2.75, 3.05) is 25.5 Å². The highest BCUT2D eigenvalue weighted by atomic mass is 19.1. The van der Waals surface area contributed by atoms with Gasteiger partial charge in [-0.25, -0.2) is 4.39 Å². The fourth-order valence-corrected chi connectivity index (χ4v) is 3.05. The summed E-state index contributed by atoms with van der Waals surface area (Å²) in [5.41, 5.74) is 4.67. The number of nitrogens with zero attached hydrogens (tertiary/aromatic N) is 1. The quantitative estimate of drug-likeness (QED) is 0.692. The largest absolute Gasteiger partial charge is 0.358 e. The molecule has 3 aromatic rings. The van der Waals surface area contributed by atoms with Crippen LogP contribution in [0.3, 0.4) is 0 Å². The molecule has 0 aliphatic rings. The summed E-state index contributed by atoms with van der Waals surface area (Å²) in [6.07, 6.45) is 0.950. The first kappa shape index (κ1) is 18.1. The normalized spacial score (nSPS) is 11.3. The van der Waals surface area contributed by atoms with E-state index in [9.17, 15) is 9.18 Å². The molecule has 2 aromatic carbocycles. The third kappa shape index (κ3) is 3.94. The lowest BCUT2D eigenvalue weighted by Gasteiger charge is -2.13. The van der Waals surface area contributed by atoms with Crippen molar-refractivity contribution in [1.82, 2.24) is 9.88 Å². The van der Waals surface area contributed by atoms with E-state index in [4.69, 9.17) is 0 Å². The number of aryl methyl sites for hydroxylation is 1. The van der Waals surface area contributed by atoms with Crippen LogP contribution in [0.2, 0.25) is 0 Å². The molecule has 5 heteroatoms. The van der Waals surface area contributed by atoms with Gasteiger partial charge < -0.3 is 15.2 Å². The maximum Gasteiger partial charge on any atom is 0.255 e. The van der Waals surface area contributed by atoms with E-state index in [1.54, 1.807) is 0 Å². The molecule has 0 bridgehead atoms. The highest BCUT2D eigenvalue weighted by Gasteiger charge is 2.12. The molecule has 0 fully saturated rings. The molecule has 1 heterocycles. The van der Waals surface area contributed by atoms with Crippen molar-refractivity contribution in [3.05, 3.63) is 65.1 Å². The molecule has 0 aliphatic heterocycles. The van der Waals surface area contributed by atoms with E-state index in [0.29, 0.717) is 5.56 Å². The average Bonchev–Trinajstić information content (AvgIpc) is 2.94. The van der Waals surface area contributed by atoms with E-state index in [2.05, 4.69) is 36.1 Å². The molecule has 1 aromatic heterocycles. The second kappa shape index (κ2) is 7.70. The van der Waals surface area contributed by atoms with Gasteiger partial charge in [0.1, 0.15) is 5.82 Å². The van der Waals surface area contributed by atoms with Gasteiger partial charge in [-0.1, -0.05) is 6.92 Å². The maximum absolute atomic E-state index is 13.0. The van der Waals surface area contributed by atoms with Crippen molar-refractivity contribution >= 4 is 22.5 Å². The Morgan fingerprint density at radius 1 is 1.19 bits per heavy atom. The van der Waals surface area contributed by atoms with Crippen LogP contribution in [0.15, 0.2) is 42.5 Å². The summed E-state index contributed by atoms with van der Waals surface area (Å²) >= 11 is 0. The Hall–Kier alpha value is -2.66. The maximum atomic E-state index is 13.0. The average molecular weight is 353 g/mol. The minimum atomic E-state index is -0.354. The molecule has 0 unspecified atom stereocenters. The van der Waals surface area contributed by atoms with Gasteiger partial charge in [0.15, 0.2) is 0 Å². The summed E-state index contributed by atoms with van der Waals surface area (Å²) in [5.74, 6) is -0.601. The van der Waals surface area contributed by atoms with E-state index in [1.165, 1.54) is 29.8 Å². The highest BCUT2D eigenvalue weighted by molar-refractivity contribution is 6.05. The molecule has 4 nitrogen and oxygen atoms in total. The number of hydrogen-bond donors (Lipinski definition) is 2. The van der Waals surface area contributed by atoms with Gasteiger partial charge in [0.05, 0.1) is 0 Å². The van der Waals surface area contributed by atoms with Crippen molar-refractivity contribution < 1.29 is 9.18 Å². The Morgan fingerprint density at radius 3 is 2.62 bits per heavy atom. The fraction of sp³-hybridized carbons (Fsp3) is 0.286. The lowest BCUT2D eigenvalue weighted by Crippen LogP contribution is -2.20. The number of carbonyl (C=O) groups excluding carboxylic acids is 1. The molecule has 3 rings (SSSR count). The smallest absolute Gasteiger partial charge is 0.255 e. The van der Waals surface area contributed by atoms with Crippen LogP contribution in [0.1, 0.15) is 28.5 Å². The van der Waals surface area contributed by atoms with E-state index >= 15 is 0 Å². The van der Waals surface area contributed by atoms with E-state index in [-0.39, 0.29) is 11.7 Å². The summed E-state index contributed by atoms with van der Waals surface area (Å²) < 4.78 is 13.0. The topological polar surface area (TPSA) is 48.1 Å². The fourth-order valence-electron chi connectivity index (χ4n) is 3.05. The first-order valence-corrected chi connectivity index (χ1v) is 8.84. The van der Waals surface area contributed by atoms with Crippen LogP contribution in [0.5, 0.6) is 0 Å². The number of rotatable bonds is 6. The lowest BCUT2D eigenvalue weighted by atomic mass is 10.1. The minimum absolute atomic E-state index is 0.246. The predicted molar refractivity (Wildman–Crippen MR) is 104 cm³/mol. The Balaban J connectivity index is 1.83. The highest BCUT2D eigenvalue weighted by Crippen LogP contribution is 2.26. The second-order valence-corrected chi connectivity index (χ2v) is 6.60. The second-order valence-electron chi connectivity index (χ2n) is 6.60. The molecule has 0 spiro atoms. The first-order chi connectivity index (χ1) is 12.5. The van der Waals surface area contributed by atoms with Crippen LogP contribution >= 0.6 is 0 Å². The number of fused-ring (bicyclic) bond motifs is 1. The zero-order valence-corrected chi connectivity index (χ0v) is 15.4. The summed E-state index contributed by atoms with van der Waals surface area (Å²) in [6.45, 7) is 6.22. The van der Waals surface area contributed by atoms with Gasteiger partial charge in [-0.15, -0.1) is 0 Å². The number of carbonyl (C=O) groups is 1.